The second-order valence-electron chi connectivity index (χ2n) is 8.74. The molecule has 2 amide bonds. The average molecular weight is 454 g/mol. The van der Waals surface area contributed by atoms with Crippen LogP contribution >= 0.6 is 0 Å². The van der Waals surface area contributed by atoms with Crippen LogP contribution in [0, 0.1) is 12.7 Å². The second-order valence-corrected chi connectivity index (χ2v) is 8.74. The number of hydrogen-bond acceptors (Lipinski definition) is 4. The molecule has 3 heterocycles. The smallest absolute Gasteiger partial charge is 0.291 e. The van der Waals surface area contributed by atoms with Crippen LogP contribution in [0.5, 0.6) is 0 Å². The van der Waals surface area contributed by atoms with Gasteiger partial charge in [-0.25, -0.2) is 4.39 Å². The molecule has 0 N–H and O–H groups in total. The van der Waals surface area contributed by atoms with Crippen molar-refractivity contribution in [1.82, 2.24) is 4.90 Å². The molecule has 0 aliphatic carbocycles. The van der Waals surface area contributed by atoms with Gasteiger partial charge in [-0.05, 0) is 36.8 Å². The van der Waals surface area contributed by atoms with Crippen LogP contribution in [-0.4, -0.2) is 23.8 Å². The van der Waals surface area contributed by atoms with Crippen LogP contribution in [0.25, 0.3) is 11.0 Å². The lowest BCUT2D eigenvalue weighted by Crippen LogP contribution is -2.52. The molecule has 4 aromatic rings. The number of rotatable bonds is 2. The molecule has 0 fully saturated rings. The number of benzene rings is 3. The first-order valence-electron chi connectivity index (χ1n) is 10.9. The van der Waals surface area contributed by atoms with Crippen LogP contribution < -0.4 is 10.3 Å². The minimum Gasteiger partial charge on any atom is -0.450 e. The first-order valence-corrected chi connectivity index (χ1v) is 10.9. The first-order chi connectivity index (χ1) is 16.3. The quantitative estimate of drug-likeness (QED) is 0.457. The summed E-state index contributed by atoms with van der Waals surface area (Å²) in [7, 11) is 1.62. The van der Waals surface area contributed by atoms with Gasteiger partial charge in [0.15, 0.2) is 11.0 Å². The molecule has 1 spiro atoms. The summed E-state index contributed by atoms with van der Waals surface area (Å²) in [6.07, 6.45) is 0. The van der Waals surface area contributed by atoms with Crippen molar-refractivity contribution >= 4 is 28.5 Å². The van der Waals surface area contributed by atoms with Gasteiger partial charge in [0.05, 0.1) is 10.9 Å². The number of halogens is 1. The molecule has 0 saturated carbocycles. The van der Waals surface area contributed by atoms with Gasteiger partial charge < -0.3 is 14.2 Å². The molecule has 0 bridgehead atoms. The van der Waals surface area contributed by atoms with Gasteiger partial charge in [-0.15, -0.1) is 0 Å². The van der Waals surface area contributed by atoms with E-state index in [1.807, 2.05) is 31.2 Å². The van der Waals surface area contributed by atoms with E-state index in [1.165, 1.54) is 21.9 Å². The Morgan fingerprint density at radius 3 is 2.47 bits per heavy atom. The number of carbonyl (C=O) groups is 2. The van der Waals surface area contributed by atoms with E-state index < -0.39 is 28.6 Å². The van der Waals surface area contributed by atoms with Crippen molar-refractivity contribution in [3.05, 3.63) is 111 Å². The average Bonchev–Trinajstić information content (AvgIpc) is 3.21. The van der Waals surface area contributed by atoms with Gasteiger partial charge in [0.25, 0.3) is 11.8 Å². The number of aryl methyl sites for hydroxylation is 1. The lowest BCUT2D eigenvalue weighted by molar-refractivity contribution is -0.126. The SMILES string of the molecule is Cc1ccc(CN2C(=O)c3oc4ccc(F)cc4c(=O)c3C23C(=O)N(C)c2ccccc23)cc1. The fourth-order valence-electron chi connectivity index (χ4n) is 5.16. The zero-order chi connectivity index (χ0) is 23.8. The van der Waals surface area contributed by atoms with E-state index >= 15 is 0 Å². The van der Waals surface area contributed by atoms with Gasteiger partial charge in [0.2, 0.25) is 5.76 Å². The van der Waals surface area contributed by atoms with Crippen molar-refractivity contribution in [1.29, 1.82) is 0 Å². The predicted octanol–water partition coefficient (Wildman–Crippen LogP) is 4.12. The highest BCUT2D eigenvalue weighted by molar-refractivity contribution is 6.16. The van der Waals surface area contributed by atoms with Crippen molar-refractivity contribution in [2.75, 3.05) is 11.9 Å². The molecule has 6 nitrogen and oxygen atoms in total. The Bertz CT molecular complexity index is 1590. The lowest BCUT2D eigenvalue weighted by Gasteiger charge is -2.34. The number of para-hydroxylation sites is 1. The summed E-state index contributed by atoms with van der Waals surface area (Å²) in [6.45, 7) is 2.04. The van der Waals surface area contributed by atoms with Crippen molar-refractivity contribution < 1.29 is 18.4 Å². The molecule has 6 rings (SSSR count). The molecular weight excluding hydrogens is 435 g/mol. The Kier molecular flexibility index (Phi) is 4.11. The number of hydrogen-bond donors (Lipinski definition) is 0. The normalized spacial score (nSPS) is 18.8. The van der Waals surface area contributed by atoms with E-state index in [1.54, 1.807) is 31.3 Å². The Morgan fingerprint density at radius 1 is 0.971 bits per heavy atom. The van der Waals surface area contributed by atoms with E-state index in [2.05, 4.69) is 0 Å². The van der Waals surface area contributed by atoms with Crippen LogP contribution in [0.3, 0.4) is 0 Å². The molecular formula is C27H19FN2O4. The van der Waals surface area contributed by atoms with Crippen LogP contribution in [0.1, 0.15) is 32.8 Å². The van der Waals surface area contributed by atoms with Crippen molar-refractivity contribution in [3.8, 4) is 0 Å². The van der Waals surface area contributed by atoms with Crippen molar-refractivity contribution in [3.63, 3.8) is 0 Å². The number of amides is 2. The summed E-state index contributed by atoms with van der Waals surface area (Å²) >= 11 is 0. The third-order valence-electron chi connectivity index (χ3n) is 6.79. The van der Waals surface area contributed by atoms with Gasteiger partial charge in [-0.3, -0.25) is 14.4 Å². The molecule has 0 radical (unpaired) electrons. The molecule has 1 atom stereocenters. The van der Waals surface area contributed by atoms with E-state index in [0.29, 0.717) is 11.3 Å². The maximum atomic E-state index is 14.1. The molecule has 2 aliphatic rings. The van der Waals surface area contributed by atoms with E-state index in [-0.39, 0.29) is 28.8 Å². The summed E-state index contributed by atoms with van der Waals surface area (Å²) in [6, 6.07) is 18.3. The summed E-state index contributed by atoms with van der Waals surface area (Å²) in [4.78, 5) is 44.5. The number of anilines is 1. The van der Waals surface area contributed by atoms with E-state index in [0.717, 1.165) is 17.2 Å². The number of fused-ring (bicyclic) bond motifs is 5. The van der Waals surface area contributed by atoms with Gasteiger partial charge in [-0.2, -0.15) is 0 Å². The Morgan fingerprint density at radius 2 is 1.71 bits per heavy atom. The number of nitrogens with zero attached hydrogens (tertiary/aromatic N) is 2. The zero-order valence-corrected chi connectivity index (χ0v) is 18.5. The minimum absolute atomic E-state index is 0.0112. The molecule has 2 aliphatic heterocycles. The van der Waals surface area contributed by atoms with Crippen LogP contribution in [0.2, 0.25) is 0 Å². The van der Waals surface area contributed by atoms with E-state index in [9.17, 15) is 18.8 Å². The topological polar surface area (TPSA) is 70.8 Å². The van der Waals surface area contributed by atoms with Gasteiger partial charge in [-0.1, -0.05) is 48.0 Å². The molecule has 1 unspecified atom stereocenters. The second kappa shape index (κ2) is 6.87. The third kappa shape index (κ3) is 2.46. The summed E-state index contributed by atoms with van der Waals surface area (Å²) in [5, 5.41) is -0.0112. The molecule has 0 saturated heterocycles. The third-order valence-corrected chi connectivity index (χ3v) is 6.79. The van der Waals surface area contributed by atoms with Crippen LogP contribution in [0.15, 0.2) is 75.9 Å². The molecule has 34 heavy (non-hydrogen) atoms. The van der Waals surface area contributed by atoms with Gasteiger partial charge in [0.1, 0.15) is 11.4 Å². The minimum atomic E-state index is -1.70. The zero-order valence-electron chi connectivity index (χ0n) is 18.5. The molecule has 3 aromatic carbocycles. The molecule has 1 aromatic heterocycles. The Hall–Kier alpha value is -4.26. The molecule has 168 valence electrons. The summed E-state index contributed by atoms with van der Waals surface area (Å²) < 4.78 is 20.0. The molecule has 7 heteroatoms. The van der Waals surface area contributed by atoms with Gasteiger partial charge in [0, 0.05) is 24.8 Å². The predicted molar refractivity (Wildman–Crippen MR) is 124 cm³/mol. The van der Waals surface area contributed by atoms with Crippen LogP contribution in [0.4, 0.5) is 10.1 Å². The van der Waals surface area contributed by atoms with Gasteiger partial charge >= 0.3 is 0 Å². The van der Waals surface area contributed by atoms with Crippen LogP contribution in [-0.2, 0) is 16.9 Å². The number of carbonyl (C=O) groups excluding carboxylic acids is 2. The highest BCUT2D eigenvalue weighted by atomic mass is 19.1. The first kappa shape index (κ1) is 20.4. The number of likely N-dealkylation sites (N-methyl/N-ethyl adjacent to an activating group) is 1. The standard InChI is InChI=1S/C27H19FN2O4/c1-15-7-9-16(10-8-15)14-30-25(32)24-22(23(31)18-13-17(28)11-12-21(18)34-24)27(30)19-5-3-4-6-20(19)29(2)26(27)33/h3-13H,14H2,1-2H3. The summed E-state index contributed by atoms with van der Waals surface area (Å²) in [5.41, 5.74) is 0.710. The van der Waals surface area contributed by atoms with Crippen molar-refractivity contribution in [2.45, 2.75) is 19.0 Å². The maximum Gasteiger partial charge on any atom is 0.291 e. The largest absolute Gasteiger partial charge is 0.450 e. The fourth-order valence-corrected chi connectivity index (χ4v) is 5.16. The lowest BCUT2D eigenvalue weighted by atomic mass is 9.83. The Balaban J connectivity index is 1.70. The monoisotopic (exact) mass is 454 g/mol. The Labute approximate surface area is 193 Å². The highest BCUT2D eigenvalue weighted by Crippen LogP contribution is 2.52. The fraction of sp³-hybridized carbons (Fsp3) is 0.148. The van der Waals surface area contributed by atoms with E-state index in [4.69, 9.17) is 4.42 Å². The maximum absolute atomic E-state index is 14.1. The van der Waals surface area contributed by atoms with Crippen molar-refractivity contribution in [2.24, 2.45) is 0 Å². The highest BCUT2D eigenvalue weighted by Gasteiger charge is 2.64. The summed E-state index contributed by atoms with van der Waals surface area (Å²) in [5.74, 6) is -1.78.